The third-order valence-corrected chi connectivity index (χ3v) is 4.19. The van der Waals surface area contributed by atoms with E-state index in [2.05, 4.69) is 15.1 Å². The van der Waals surface area contributed by atoms with E-state index in [1.54, 1.807) is 12.1 Å². The molecule has 0 bridgehead atoms. The molecule has 2 aromatic rings. The number of hydrogen-bond acceptors (Lipinski definition) is 6. The average Bonchev–Trinajstić information content (AvgIpc) is 2.47. The number of halogens is 1. The topological polar surface area (TPSA) is 106 Å². The quantitative estimate of drug-likeness (QED) is 0.571. The van der Waals surface area contributed by atoms with Crippen molar-refractivity contribution in [3.8, 4) is 5.75 Å². The number of methoxy groups -OCH3 is 1. The molecule has 0 amide bonds. The lowest BCUT2D eigenvalue weighted by molar-refractivity contribution is 0.417. The fraction of sp³-hybridized carbons (Fsp3) is 0.0833. The highest BCUT2D eigenvalue weighted by Crippen LogP contribution is 2.29. The molecule has 0 aliphatic carbocycles. The summed E-state index contributed by atoms with van der Waals surface area (Å²) in [4.78, 5) is 3.84. The first-order chi connectivity index (χ1) is 9.96. The first-order valence-corrected chi connectivity index (χ1v) is 7.61. The van der Waals surface area contributed by atoms with Gasteiger partial charge in [0.2, 0.25) is 0 Å². The number of anilines is 2. The van der Waals surface area contributed by atoms with E-state index >= 15 is 0 Å². The van der Waals surface area contributed by atoms with Crippen LogP contribution in [0.15, 0.2) is 41.4 Å². The first-order valence-electron chi connectivity index (χ1n) is 5.75. The molecule has 0 saturated carbocycles. The van der Waals surface area contributed by atoms with Crippen molar-refractivity contribution in [3.05, 3.63) is 41.6 Å². The Hall–Kier alpha value is -2.03. The van der Waals surface area contributed by atoms with E-state index in [0.29, 0.717) is 16.6 Å². The van der Waals surface area contributed by atoms with Crippen LogP contribution in [0.5, 0.6) is 5.75 Å². The molecule has 1 aromatic heterocycles. The third-order valence-electron chi connectivity index (χ3n) is 2.60. The number of nitrogens with zero attached hydrogens (tertiary/aromatic N) is 1. The molecule has 0 fully saturated rings. The Bertz CT molecular complexity index is 735. The van der Waals surface area contributed by atoms with Crippen LogP contribution in [0.2, 0.25) is 5.02 Å². The van der Waals surface area contributed by atoms with Crippen molar-refractivity contribution in [3.63, 3.8) is 0 Å². The number of nitrogens with one attached hydrogen (secondary N) is 2. The zero-order valence-corrected chi connectivity index (χ0v) is 12.6. The van der Waals surface area contributed by atoms with Gasteiger partial charge in [0.1, 0.15) is 16.5 Å². The van der Waals surface area contributed by atoms with E-state index < -0.39 is 10.0 Å². The Kier molecular flexibility index (Phi) is 4.51. The van der Waals surface area contributed by atoms with Crippen LogP contribution in [0.25, 0.3) is 0 Å². The zero-order chi connectivity index (χ0) is 15.5. The van der Waals surface area contributed by atoms with Gasteiger partial charge in [-0.15, -0.1) is 0 Å². The number of benzene rings is 1. The molecule has 0 unspecified atom stereocenters. The zero-order valence-electron chi connectivity index (χ0n) is 11.0. The minimum absolute atomic E-state index is 0.0106. The molecule has 1 heterocycles. The van der Waals surface area contributed by atoms with E-state index in [4.69, 9.17) is 22.2 Å². The lowest BCUT2D eigenvalue weighted by Gasteiger charge is -2.12. The Morgan fingerprint density at radius 3 is 2.62 bits per heavy atom. The normalized spacial score (nSPS) is 11.0. The molecule has 21 heavy (non-hydrogen) atoms. The van der Waals surface area contributed by atoms with Crippen molar-refractivity contribution in [2.24, 2.45) is 5.84 Å². The summed E-state index contributed by atoms with van der Waals surface area (Å²) in [7, 11) is -2.37. The second-order valence-corrected chi connectivity index (χ2v) is 6.09. The number of rotatable bonds is 5. The van der Waals surface area contributed by atoms with Crippen LogP contribution >= 0.6 is 11.6 Å². The summed E-state index contributed by atoms with van der Waals surface area (Å²) < 4.78 is 32.1. The molecular formula is C12H13ClN4O3S. The highest BCUT2D eigenvalue weighted by Gasteiger charge is 2.17. The number of nitrogen functional groups attached to an aromatic ring is 1. The lowest BCUT2D eigenvalue weighted by atomic mass is 10.3. The number of aromatic nitrogens is 1. The van der Waals surface area contributed by atoms with Crippen molar-refractivity contribution < 1.29 is 13.2 Å². The molecule has 0 saturated heterocycles. The summed E-state index contributed by atoms with van der Waals surface area (Å²) in [6.45, 7) is 0. The average molecular weight is 329 g/mol. The number of hydrogen-bond donors (Lipinski definition) is 3. The first kappa shape index (κ1) is 15.4. The minimum Gasteiger partial charge on any atom is -0.495 e. The number of pyridine rings is 1. The molecule has 0 radical (unpaired) electrons. The van der Waals surface area contributed by atoms with Crippen molar-refractivity contribution in [1.82, 2.24) is 4.98 Å². The van der Waals surface area contributed by atoms with Crippen LogP contribution < -0.4 is 20.7 Å². The molecule has 9 heteroatoms. The van der Waals surface area contributed by atoms with Crippen LogP contribution in [0.1, 0.15) is 0 Å². The molecule has 0 aliphatic rings. The van der Waals surface area contributed by atoms with E-state index in [0.717, 1.165) is 0 Å². The van der Waals surface area contributed by atoms with Crippen LogP contribution in [0.4, 0.5) is 11.5 Å². The smallest absolute Gasteiger partial charge is 0.263 e. The summed E-state index contributed by atoms with van der Waals surface area (Å²) in [6.07, 6.45) is 1.19. The Morgan fingerprint density at radius 1 is 1.29 bits per heavy atom. The molecule has 112 valence electrons. The highest BCUT2D eigenvalue weighted by atomic mass is 35.5. The monoisotopic (exact) mass is 328 g/mol. The molecule has 1 aromatic carbocycles. The van der Waals surface area contributed by atoms with E-state index in [-0.39, 0.29) is 10.6 Å². The van der Waals surface area contributed by atoms with Gasteiger partial charge in [0.05, 0.1) is 12.8 Å². The number of hydrazine groups is 1. The van der Waals surface area contributed by atoms with Crippen molar-refractivity contribution in [1.29, 1.82) is 0 Å². The van der Waals surface area contributed by atoms with E-state index in [9.17, 15) is 8.42 Å². The van der Waals surface area contributed by atoms with Crippen molar-refractivity contribution >= 4 is 33.1 Å². The van der Waals surface area contributed by atoms with Crippen LogP contribution in [-0.2, 0) is 10.0 Å². The van der Waals surface area contributed by atoms with Crippen molar-refractivity contribution in [2.45, 2.75) is 4.90 Å². The molecule has 0 aliphatic heterocycles. The molecule has 7 nitrogen and oxygen atoms in total. The summed E-state index contributed by atoms with van der Waals surface area (Å²) in [5, 5.41) is 0.384. The van der Waals surface area contributed by atoms with Gasteiger partial charge in [0.25, 0.3) is 10.0 Å². The van der Waals surface area contributed by atoms with Gasteiger partial charge in [-0.1, -0.05) is 11.6 Å². The van der Waals surface area contributed by atoms with Gasteiger partial charge >= 0.3 is 0 Å². The summed E-state index contributed by atoms with van der Waals surface area (Å²) >= 11 is 5.86. The number of ether oxygens (including phenoxy) is 1. The second-order valence-electron chi connectivity index (χ2n) is 3.97. The predicted molar refractivity (Wildman–Crippen MR) is 80.9 cm³/mol. The fourth-order valence-electron chi connectivity index (χ4n) is 1.59. The van der Waals surface area contributed by atoms with Gasteiger partial charge in [0, 0.05) is 11.2 Å². The maximum absolute atomic E-state index is 12.3. The van der Waals surface area contributed by atoms with Gasteiger partial charge < -0.3 is 10.2 Å². The maximum Gasteiger partial charge on any atom is 0.263 e. The largest absolute Gasteiger partial charge is 0.495 e. The Balaban J connectivity index is 2.34. The van der Waals surface area contributed by atoms with Crippen molar-refractivity contribution in [2.75, 3.05) is 17.3 Å². The molecule has 0 spiro atoms. The number of nitrogens with two attached hydrogens (primary N) is 1. The van der Waals surface area contributed by atoms with Crippen LogP contribution in [-0.4, -0.2) is 20.5 Å². The molecular weight excluding hydrogens is 316 g/mol. The third kappa shape index (κ3) is 3.54. The van der Waals surface area contributed by atoms with E-state index in [1.807, 2.05) is 0 Å². The number of sulfonamides is 1. The SMILES string of the molecule is COc1ccc(Cl)cc1NS(=O)(=O)c1ccc(NN)nc1. The molecule has 4 N–H and O–H groups in total. The fourth-order valence-corrected chi connectivity index (χ4v) is 2.77. The lowest BCUT2D eigenvalue weighted by Crippen LogP contribution is -2.15. The van der Waals surface area contributed by atoms with Gasteiger partial charge in [-0.2, -0.15) is 0 Å². The standard InChI is InChI=1S/C12H13ClN4O3S/c1-20-11-4-2-8(13)6-10(11)17-21(18,19)9-3-5-12(16-14)15-7-9/h2-7,17H,14H2,1H3,(H,15,16). The van der Waals surface area contributed by atoms with Gasteiger partial charge in [-0.25, -0.2) is 19.2 Å². The van der Waals surface area contributed by atoms with Crippen LogP contribution in [0.3, 0.4) is 0 Å². The van der Waals surface area contributed by atoms with Gasteiger partial charge in [-0.3, -0.25) is 4.72 Å². The van der Waals surface area contributed by atoms with E-state index in [1.165, 1.54) is 31.5 Å². The summed E-state index contributed by atoms with van der Waals surface area (Å²) in [5.41, 5.74) is 2.56. The summed E-state index contributed by atoms with van der Waals surface area (Å²) in [5.74, 6) is 5.89. The Morgan fingerprint density at radius 2 is 2.05 bits per heavy atom. The molecule has 2 rings (SSSR count). The minimum atomic E-state index is -3.81. The van der Waals surface area contributed by atoms with Crippen LogP contribution in [0, 0.1) is 0 Å². The highest BCUT2D eigenvalue weighted by molar-refractivity contribution is 7.92. The van der Waals surface area contributed by atoms with Gasteiger partial charge in [0.15, 0.2) is 0 Å². The maximum atomic E-state index is 12.3. The second kappa shape index (κ2) is 6.17. The summed E-state index contributed by atoms with van der Waals surface area (Å²) in [6, 6.07) is 7.45. The predicted octanol–water partition coefficient (Wildman–Crippen LogP) is 1.83. The molecule has 0 atom stereocenters. The van der Waals surface area contributed by atoms with Gasteiger partial charge in [-0.05, 0) is 30.3 Å². The Labute approximate surface area is 127 Å².